The number of hydrogen-bond acceptors (Lipinski definition) is 3. The van der Waals surface area contributed by atoms with Crippen molar-refractivity contribution in [2.24, 2.45) is 0 Å². The number of amides is 1. The van der Waals surface area contributed by atoms with E-state index in [9.17, 15) is 4.79 Å². The van der Waals surface area contributed by atoms with Crippen molar-refractivity contribution in [2.75, 3.05) is 11.9 Å². The maximum absolute atomic E-state index is 12.3. The van der Waals surface area contributed by atoms with Gasteiger partial charge in [-0.05, 0) is 25.5 Å². The summed E-state index contributed by atoms with van der Waals surface area (Å²) in [7, 11) is 0. The zero-order valence-electron chi connectivity index (χ0n) is 12.0. The number of nitrogens with one attached hydrogen (secondary N) is 4. The predicted octanol–water partition coefficient (Wildman–Crippen LogP) is 2.25. The van der Waals surface area contributed by atoms with E-state index >= 15 is 0 Å². The van der Waals surface area contributed by atoms with E-state index in [4.69, 9.17) is 0 Å². The number of aromatic nitrogens is 3. The van der Waals surface area contributed by atoms with Crippen molar-refractivity contribution in [1.29, 1.82) is 0 Å². The fourth-order valence-corrected chi connectivity index (χ4v) is 3.02. The van der Waals surface area contributed by atoms with E-state index in [0.717, 1.165) is 47.1 Å². The number of carbonyl (C=O) groups is 1. The molecule has 1 saturated heterocycles. The Kier molecular flexibility index (Phi) is 3.16. The zero-order valence-corrected chi connectivity index (χ0v) is 12.0. The number of H-pyrrole nitrogens is 2. The van der Waals surface area contributed by atoms with Crippen molar-refractivity contribution in [1.82, 2.24) is 20.5 Å². The van der Waals surface area contributed by atoms with Gasteiger partial charge in [0.05, 0.1) is 23.4 Å². The van der Waals surface area contributed by atoms with Crippen molar-refractivity contribution in [3.63, 3.8) is 0 Å². The largest absolute Gasteiger partial charge is 0.359 e. The number of para-hydroxylation sites is 1. The van der Waals surface area contributed by atoms with Gasteiger partial charge in [-0.1, -0.05) is 12.1 Å². The van der Waals surface area contributed by atoms with E-state index in [1.807, 2.05) is 30.6 Å². The fraction of sp³-hybridized carbons (Fsp3) is 0.250. The molecule has 1 aliphatic heterocycles. The standard InChI is InChI=1S/C16H17N5O/c22-16(14-5-2-6-17-14)21-13-4-1-3-11-12(9-18-15(11)13)10-7-19-20-8-10/h1,3-4,7-9,14,17-18H,2,5-6H2,(H,19,20)(H,21,22)/t14-/m0/s1. The van der Waals surface area contributed by atoms with Gasteiger partial charge < -0.3 is 15.6 Å². The quantitative estimate of drug-likeness (QED) is 0.598. The molecule has 3 heterocycles. The van der Waals surface area contributed by atoms with Crippen LogP contribution in [0, 0.1) is 0 Å². The number of rotatable bonds is 3. The van der Waals surface area contributed by atoms with E-state index < -0.39 is 0 Å². The molecule has 1 aromatic carbocycles. The molecule has 22 heavy (non-hydrogen) atoms. The van der Waals surface area contributed by atoms with Gasteiger partial charge >= 0.3 is 0 Å². The molecule has 112 valence electrons. The lowest BCUT2D eigenvalue weighted by atomic mass is 10.1. The van der Waals surface area contributed by atoms with E-state index in [-0.39, 0.29) is 11.9 Å². The lowest BCUT2D eigenvalue weighted by Gasteiger charge is -2.11. The molecular formula is C16H17N5O. The van der Waals surface area contributed by atoms with Gasteiger partial charge in [0.15, 0.2) is 0 Å². The molecule has 1 fully saturated rings. The topological polar surface area (TPSA) is 85.6 Å². The van der Waals surface area contributed by atoms with Crippen LogP contribution >= 0.6 is 0 Å². The average Bonchev–Trinajstić information content (AvgIpc) is 3.27. The van der Waals surface area contributed by atoms with Gasteiger partial charge in [0.25, 0.3) is 0 Å². The van der Waals surface area contributed by atoms with Crippen molar-refractivity contribution in [3.05, 3.63) is 36.8 Å². The Balaban J connectivity index is 1.68. The Labute approximate surface area is 127 Å². The minimum absolute atomic E-state index is 0.0319. The van der Waals surface area contributed by atoms with Crippen LogP contribution in [-0.4, -0.2) is 33.7 Å². The molecule has 1 atom stereocenters. The summed E-state index contributed by atoms with van der Waals surface area (Å²) in [5, 5.41) is 14.1. The first-order valence-corrected chi connectivity index (χ1v) is 7.46. The second-order valence-corrected chi connectivity index (χ2v) is 5.56. The molecule has 0 spiro atoms. The molecule has 0 radical (unpaired) electrons. The summed E-state index contributed by atoms with van der Waals surface area (Å²) in [5.74, 6) is 0.0319. The van der Waals surface area contributed by atoms with Crippen LogP contribution in [0.5, 0.6) is 0 Å². The van der Waals surface area contributed by atoms with Crippen LogP contribution in [0.4, 0.5) is 5.69 Å². The number of aromatic amines is 2. The highest BCUT2D eigenvalue weighted by atomic mass is 16.2. The molecule has 0 unspecified atom stereocenters. The number of carbonyl (C=O) groups excluding carboxylic acids is 1. The zero-order chi connectivity index (χ0) is 14.9. The highest BCUT2D eigenvalue weighted by molar-refractivity contribution is 6.06. The SMILES string of the molecule is O=C(Nc1cccc2c(-c3cn[nH]c3)c[nH]c12)[C@@H]1CCCN1. The van der Waals surface area contributed by atoms with Crippen molar-refractivity contribution in [3.8, 4) is 11.1 Å². The lowest BCUT2D eigenvalue weighted by molar-refractivity contribution is -0.117. The minimum atomic E-state index is -0.0847. The summed E-state index contributed by atoms with van der Waals surface area (Å²) in [6.45, 7) is 0.912. The maximum atomic E-state index is 12.3. The summed E-state index contributed by atoms with van der Waals surface area (Å²) in [6.07, 6.45) is 7.54. The van der Waals surface area contributed by atoms with Gasteiger partial charge in [-0.15, -0.1) is 0 Å². The van der Waals surface area contributed by atoms with E-state index in [0.29, 0.717) is 0 Å². The van der Waals surface area contributed by atoms with Gasteiger partial charge in [0.2, 0.25) is 5.91 Å². The molecule has 4 N–H and O–H groups in total. The average molecular weight is 295 g/mol. The molecule has 4 rings (SSSR count). The smallest absolute Gasteiger partial charge is 0.241 e. The molecule has 3 aromatic rings. The van der Waals surface area contributed by atoms with E-state index in [2.05, 4.69) is 25.8 Å². The van der Waals surface area contributed by atoms with Crippen molar-refractivity contribution in [2.45, 2.75) is 18.9 Å². The Morgan fingerprint density at radius 2 is 2.27 bits per heavy atom. The van der Waals surface area contributed by atoms with Crippen LogP contribution in [0.3, 0.4) is 0 Å². The van der Waals surface area contributed by atoms with Crippen LogP contribution in [0.1, 0.15) is 12.8 Å². The third-order valence-corrected chi connectivity index (χ3v) is 4.16. The van der Waals surface area contributed by atoms with Crippen molar-refractivity contribution < 1.29 is 4.79 Å². The molecular weight excluding hydrogens is 278 g/mol. The fourth-order valence-electron chi connectivity index (χ4n) is 3.02. The maximum Gasteiger partial charge on any atom is 0.241 e. The van der Waals surface area contributed by atoms with Gasteiger partial charge in [0.1, 0.15) is 0 Å². The highest BCUT2D eigenvalue weighted by Crippen LogP contribution is 2.31. The molecule has 0 bridgehead atoms. The van der Waals surface area contributed by atoms with Crippen LogP contribution in [0.15, 0.2) is 36.8 Å². The molecule has 0 aliphatic carbocycles. The summed E-state index contributed by atoms with van der Waals surface area (Å²) in [5.41, 5.74) is 3.84. The number of fused-ring (bicyclic) bond motifs is 1. The number of anilines is 1. The van der Waals surface area contributed by atoms with Crippen LogP contribution in [0.25, 0.3) is 22.0 Å². The summed E-state index contributed by atoms with van der Waals surface area (Å²) < 4.78 is 0. The van der Waals surface area contributed by atoms with Crippen LogP contribution in [-0.2, 0) is 4.79 Å². The number of hydrogen-bond donors (Lipinski definition) is 4. The second-order valence-electron chi connectivity index (χ2n) is 5.56. The Bertz CT molecular complexity index is 799. The minimum Gasteiger partial charge on any atom is -0.359 e. The second kappa shape index (κ2) is 5.31. The number of nitrogens with zero attached hydrogens (tertiary/aromatic N) is 1. The van der Waals surface area contributed by atoms with Crippen molar-refractivity contribution >= 4 is 22.5 Å². The van der Waals surface area contributed by atoms with E-state index in [1.165, 1.54) is 0 Å². The molecule has 1 amide bonds. The molecule has 6 nitrogen and oxygen atoms in total. The molecule has 0 saturated carbocycles. The van der Waals surface area contributed by atoms with Crippen LogP contribution < -0.4 is 10.6 Å². The normalized spacial score (nSPS) is 17.9. The summed E-state index contributed by atoms with van der Waals surface area (Å²) in [6, 6.07) is 5.83. The van der Waals surface area contributed by atoms with Gasteiger partial charge in [-0.2, -0.15) is 5.10 Å². The third kappa shape index (κ3) is 2.17. The molecule has 2 aromatic heterocycles. The van der Waals surface area contributed by atoms with E-state index in [1.54, 1.807) is 6.20 Å². The predicted molar refractivity (Wildman–Crippen MR) is 85.5 cm³/mol. The first kappa shape index (κ1) is 13.1. The van der Waals surface area contributed by atoms with Crippen LogP contribution in [0.2, 0.25) is 0 Å². The summed E-state index contributed by atoms with van der Waals surface area (Å²) in [4.78, 5) is 15.6. The molecule has 1 aliphatic rings. The highest BCUT2D eigenvalue weighted by Gasteiger charge is 2.22. The Morgan fingerprint density at radius 3 is 3.05 bits per heavy atom. The molecule has 6 heteroatoms. The Hall–Kier alpha value is -2.60. The van der Waals surface area contributed by atoms with Gasteiger partial charge in [0, 0.05) is 28.9 Å². The van der Waals surface area contributed by atoms with Gasteiger partial charge in [-0.25, -0.2) is 0 Å². The first-order chi connectivity index (χ1) is 10.8. The summed E-state index contributed by atoms with van der Waals surface area (Å²) >= 11 is 0. The number of benzene rings is 1. The monoisotopic (exact) mass is 295 g/mol. The Morgan fingerprint density at radius 1 is 1.32 bits per heavy atom. The lowest BCUT2D eigenvalue weighted by Crippen LogP contribution is -2.35. The third-order valence-electron chi connectivity index (χ3n) is 4.16. The first-order valence-electron chi connectivity index (χ1n) is 7.46. The van der Waals surface area contributed by atoms with Gasteiger partial charge in [-0.3, -0.25) is 9.89 Å².